The number of thiophene rings is 1. The summed E-state index contributed by atoms with van der Waals surface area (Å²) in [6.07, 6.45) is 0. The van der Waals surface area contributed by atoms with Gasteiger partial charge in [0.05, 0.1) is 23.6 Å². The number of aryl methyl sites for hydroxylation is 1. The number of rotatable bonds is 9. The molecule has 0 saturated heterocycles. The number of fused-ring (bicyclic) bond motifs is 2. The number of ketones is 1. The number of nitrogens with two attached hydrogens (primary N) is 1. The Hall–Kier alpha value is -3.70. The third kappa shape index (κ3) is 5.37. The first-order chi connectivity index (χ1) is 17.7. The van der Waals surface area contributed by atoms with Crippen LogP contribution in [0.3, 0.4) is 0 Å². The van der Waals surface area contributed by atoms with Crippen molar-refractivity contribution in [3.05, 3.63) is 69.6 Å². The molecule has 0 aliphatic rings. The molecule has 1 unspecified atom stereocenters. The van der Waals surface area contributed by atoms with E-state index >= 15 is 0 Å². The minimum absolute atomic E-state index is 0.0273. The third-order valence-corrected chi connectivity index (χ3v) is 7.31. The highest BCUT2D eigenvalue weighted by atomic mass is 32.1. The molecule has 0 bridgehead atoms. The van der Waals surface area contributed by atoms with Crippen LogP contribution in [0.4, 0.5) is 5.82 Å². The molecule has 1 atom stereocenters. The predicted octanol–water partition coefficient (Wildman–Crippen LogP) is 3.72. The van der Waals surface area contributed by atoms with Crippen LogP contribution >= 0.6 is 11.3 Å². The number of pyridine rings is 1. The number of hydrogen-bond acceptors (Lipinski definition) is 9. The number of hydrogen-bond donors (Lipinski definition) is 3. The van der Waals surface area contributed by atoms with Gasteiger partial charge >= 0.3 is 5.97 Å². The highest BCUT2D eigenvalue weighted by Crippen LogP contribution is 2.37. The molecule has 4 rings (SSSR count). The zero-order valence-corrected chi connectivity index (χ0v) is 21.5. The lowest BCUT2D eigenvalue weighted by Gasteiger charge is -2.11. The van der Waals surface area contributed by atoms with Crippen molar-refractivity contribution in [1.29, 1.82) is 0 Å². The van der Waals surface area contributed by atoms with E-state index in [2.05, 4.69) is 10.3 Å². The lowest BCUT2D eigenvalue weighted by atomic mass is 10.0. The Morgan fingerprint density at radius 3 is 2.59 bits per heavy atom. The highest BCUT2D eigenvalue weighted by molar-refractivity contribution is 7.21. The van der Waals surface area contributed by atoms with Crippen molar-refractivity contribution in [2.24, 2.45) is 5.73 Å². The first kappa shape index (κ1) is 26.4. The number of nitrogens with zero attached hydrogens (tertiary/aromatic N) is 1. The van der Waals surface area contributed by atoms with E-state index in [0.29, 0.717) is 33.9 Å². The first-order valence-corrected chi connectivity index (χ1v) is 12.3. The van der Waals surface area contributed by atoms with E-state index in [0.717, 1.165) is 26.6 Å². The molecule has 0 aliphatic heterocycles. The number of amides is 1. The largest absolute Gasteiger partial charge is 0.460 e. The predicted molar refractivity (Wildman–Crippen MR) is 142 cm³/mol. The number of carbonyl (C=O) groups excluding carboxylic acids is 3. The average molecular weight is 522 g/mol. The van der Waals surface area contributed by atoms with Crippen molar-refractivity contribution in [2.45, 2.75) is 33.1 Å². The zero-order valence-electron chi connectivity index (χ0n) is 20.7. The van der Waals surface area contributed by atoms with Crippen molar-refractivity contribution >= 4 is 55.8 Å². The maximum absolute atomic E-state index is 13.3. The van der Waals surface area contributed by atoms with Gasteiger partial charge in [-0.1, -0.05) is 18.2 Å². The molecule has 4 aromatic rings. The van der Waals surface area contributed by atoms with E-state index in [1.54, 1.807) is 43.5 Å². The first-order valence-electron chi connectivity index (χ1n) is 11.5. The molecule has 0 fully saturated rings. The van der Waals surface area contributed by atoms with Crippen molar-refractivity contribution in [3.63, 3.8) is 0 Å². The quantitative estimate of drug-likeness (QED) is 0.224. The highest BCUT2D eigenvalue weighted by Gasteiger charge is 2.22. The fourth-order valence-electron chi connectivity index (χ4n) is 4.12. The maximum atomic E-state index is 13.3. The van der Waals surface area contributed by atoms with E-state index < -0.39 is 18.6 Å². The van der Waals surface area contributed by atoms with Gasteiger partial charge in [0.2, 0.25) is 0 Å². The molecule has 192 valence electrons. The van der Waals surface area contributed by atoms with E-state index in [1.807, 2.05) is 13.0 Å². The number of carbonyl (C=O) groups is 3. The zero-order chi connectivity index (χ0) is 26.7. The maximum Gasteiger partial charge on any atom is 0.325 e. The van der Waals surface area contributed by atoms with Gasteiger partial charge in [0, 0.05) is 28.1 Å². The lowest BCUT2D eigenvalue weighted by Crippen LogP contribution is -2.35. The number of esters is 1. The Morgan fingerprint density at radius 1 is 1.11 bits per heavy atom. The molecular weight excluding hydrogens is 494 g/mol. The van der Waals surface area contributed by atoms with Gasteiger partial charge in [-0.15, -0.1) is 11.3 Å². The molecule has 0 spiro atoms. The number of anilines is 1. The third-order valence-electron chi connectivity index (χ3n) is 5.98. The van der Waals surface area contributed by atoms with Gasteiger partial charge in [0.15, 0.2) is 5.78 Å². The summed E-state index contributed by atoms with van der Waals surface area (Å²) < 4.78 is 11.3. The second-order valence-electron chi connectivity index (χ2n) is 8.55. The monoisotopic (exact) mass is 521 g/mol. The molecule has 1 amide bonds. The number of methoxy groups -OCH3 is 1. The topological polar surface area (TPSA) is 141 Å². The molecule has 4 N–H and O–H groups in total. The fourth-order valence-corrected chi connectivity index (χ4v) is 5.43. The van der Waals surface area contributed by atoms with E-state index in [1.165, 1.54) is 18.3 Å². The van der Waals surface area contributed by atoms with Gasteiger partial charge in [0.25, 0.3) is 5.91 Å². The molecular formula is C27H27N3O6S. The van der Waals surface area contributed by atoms with Crippen molar-refractivity contribution in [3.8, 4) is 0 Å². The van der Waals surface area contributed by atoms with Crippen LogP contribution in [0.1, 0.15) is 43.6 Å². The fraction of sp³-hybridized carbons (Fsp3) is 0.259. The number of aliphatic hydroxyl groups is 1. The summed E-state index contributed by atoms with van der Waals surface area (Å²) in [7, 11) is 1.60. The van der Waals surface area contributed by atoms with Crippen LogP contribution in [0.5, 0.6) is 0 Å². The molecule has 2 heterocycles. The summed E-state index contributed by atoms with van der Waals surface area (Å²) in [5.41, 5.74) is 9.06. The molecule has 37 heavy (non-hydrogen) atoms. The second kappa shape index (κ2) is 11.1. The molecule has 10 heteroatoms. The summed E-state index contributed by atoms with van der Waals surface area (Å²) >= 11 is 1.27. The molecule has 0 radical (unpaired) electrons. The van der Waals surface area contributed by atoms with Gasteiger partial charge < -0.3 is 25.6 Å². The summed E-state index contributed by atoms with van der Waals surface area (Å²) in [6, 6.07) is 11.4. The van der Waals surface area contributed by atoms with Crippen molar-refractivity contribution < 1.29 is 29.0 Å². The molecule has 9 nitrogen and oxygen atoms in total. The number of Topliss-reactive ketones (excluding diaryl/α,β-unsaturated/α-hetero) is 1. The van der Waals surface area contributed by atoms with Crippen LogP contribution < -0.4 is 11.1 Å². The van der Waals surface area contributed by atoms with Crippen molar-refractivity contribution in [2.75, 3.05) is 19.0 Å². The van der Waals surface area contributed by atoms with E-state index in [-0.39, 0.29) is 18.3 Å². The minimum Gasteiger partial charge on any atom is -0.460 e. The number of nitrogens with one attached hydrogen (secondary N) is 1. The molecule has 0 aliphatic carbocycles. The van der Waals surface area contributed by atoms with Crippen LogP contribution in [0.2, 0.25) is 0 Å². The molecule has 0 saturated carbocycles. The van der Waals surface area contributed by atoms with Crippen LogP contribution in [0, 0.1) is 6.92 Å². The van der Waals surface area contributed by atoms with Crippen molar-refractivity contribution in [1.82, 2.24) is 4.98 Å². The Kier molecular flexibility index (Phi) is 7.94. The van der Waals surface area contributed by atoms with Crippen LogP contribution in [-0.4, -0.2) is 47.5 Å². The number of aliphatic hydroxyl groups excluding tert-OH is 1. The Labute approximate surface area is 217 Å². The summed E-state index contributed by atoms with van der Waals surface area (Å²) in [6.45, 7) is 3.21. The smallest absolute Gasteiger partial charge is 0.325 e. The van der Waals surface area contributed by atoms with Gasteiger partial charge in [-0.05, 0) is 54.8 Å². The van der Waals surface area contributed by atoms with Gasteiger partial charge in [0.1, 0.15) is 18.5 Å². The van der Waals surface area contributed by atoms with Crippen LogP contribution in [0.25, 0.3) is 21.0 Å². The lowest BCUT2D eigenvalue weighted by molar-refractivity contribution is -0.147. The van der Waals surface area contributed by atoms with Gasteiger partial charge in [-0.2, -0.15) is 0 Å². The summed E-state index contributed by atoms with van der Waals surface area (Å²) in [4.78, 5) is 42.3. The van der Waals surface area contributed by atoms with Crippen LogP contribution in [0.15, 0.2) is 42.5 Å². The number of benzene rings is 2. The number of ether oxygens (including phenoxy) is 2. The van der Waals surface area contributed by atoms with E-state index in [9.17, 15) is 14.4 Å². The Morgan fingerprint density at radius 2 is 1.89 bits per heavy atom. The Bertz CT molecular complexity index is 1510. The second-order valence-corrected chi connectivity index (χ2v) is 9.57. The molecule has 2 aromatic carbocycles. The normalized spacial score (nSPS) is 12.0. The minimum atomic E-state index is -1.09. The SMILES string of the molecule is COCc1ccc(C(C)=O)c2sc(C(=O)Nc3ccc4c(COC(=O)C(N)CO)cccc4n3)c(C)c12. The molecule has 2 aromatic heterocycles. The van der Waals surface area contributed by atoms with Gasteiger partial charge in [-0.25, -0.2) is 4.98 Å². The number of aromatic nitrogens is 1. The van der Waals surface area contributed by atoms with Gasteiger partial charge in [-0.3, -0.25) is 14.4 Å². The summed E-state index contributed by atoms with van der Waals surface area (Å²) in [5.74, 6) is -0.740. The summed E-state index contributed by atoms with van der Waals surface area (Å²) in [5, 5.41) is 13.5. The average Bonchev–Trinajstić information content (AvgIpc) is 3.24. The van der Waals surface area contributed by atoms with Crippen LogP contribution in [-0.2, 0) is 27.5 Å². The van der Waals surface area contributed by atoms with E-state index in [4.69, 9.17) is 20.3 Å². The standard InChI is InChI=1S/C27H27N3O6S/c1-14-23-17(12-35-3)7-8-18(15(2)32)25(23)37-24(14)26(33)30-22-10-9-19-16(5-4-6-21(19)29-22)13-36-27(34)20(28)11-31/h4-10,20,31H,11-13,28H2,1-3H3,(H,29,30,33). The Balaban J connectivity index is 1.62.